The van der Waals surface area contributed by atoms with Crippen LogP contribution < -0.4 is 5.73 Å². The average Bonchev–Trinajstić information content (AvgIpc) is 1.94. The van der Waals surface area contributed by atoms with Crippen molar-refractivity contribution in [3.8, 4) is 0 Å². The number of rotatable bonds is 1. The van der Waals surface area contributed by atoms with Gasteiger partial charge < -0.3 is 5.73 Å². The number of anilines is 1. The lowest BCUT2D eigenvalue weighted by atomic mass is 10.2. The molecule has 2 N–H and O–H groups in total. The summed E-state index contributed by atoms with van der Waals surface area (Å²) in [5, 5.41) is 0. The van der Waals surface area contributed by atoms with Crippen LogP contribution in [0.5, 0.6) is 0 Å². The fourth-order valence-electron chi connectivity index (χ4n) is 0.630. The van der Waals surface area contributed by atoms with Gasteiger partial charge in [-0.1, -0.05) is 0 Å². The standard InChI is InChI=1S/C6H5F3N2/c7-5-3(6(8)9)1-11-2-4(5)10/h1-2,6H,10H2. The maximum atomic E-state index is 12.6. The Morgan fingerprint density at radius 3 is 2.45 bits per heavy atom. The number of hydrogen-bond donors (Lipinski definition) is 1. The molecule has 1 aromatic rings. The van der Waals surface area contributed by atoms with Crippen molar-refractivity contribution in [1.29, 1.82) is 0 Å². The first kappa shape index (κ1) is 7.84. The highest BCUT2D eigenvalue weighted by molar-refractivity contribution is 5.39. The van der Waals surface area contributed by atoms with E-state index in [1.807, 2.05) is 0 Å². The highest BCUT2D eigenvalue weighted by atomic mass is 19.3. The first-order chi connectivity index (χ1) is 5.13. The van der Waals surface area contributed by atoms with Gasteiger partial charge in [-0.3, -0.25) is 4.98 Å². The minimum absolute atomic E-state index is 0.359. The molecule has 1 heterocycles. The molecule has 1 rings (SSSR count). The molecule has 0 fully saturated rings. The Morgan fingerprint density at radius 2 is 2.00 bits per heavy atom. The lowest BCUT2D eigenvalue weighted by Gasteiger charge is -2.01. The molecule has 0 unspecified atom stereocenters. The van der Waals surface area contributed by atoms with E-state index in [1.165, 1.54) is 0 Å². The van der Waals surface area contributed by atoms with Gasteiger partial charge in [0, 0.05) is 6.20 Å². The summed E-state index contributed by atoms with van der Waals surface area (Å²) in [6.07, 6.45) is -1.12. The summed E-state index contributed by atoms with van der Waals surface area (Å²) in [4.78, 5) is 3.32. The fraction of sp³-hybridized carbons (Fsp3) is 0.167. The van der Waals surface area contributed by atoms with Crippen molar-refractivity contribution in [2.45, 2.75) is 6.43 Å². The van der Waals surface area contributed by atoms with Gasteiger partial charge in [0.05, 0.1) is 17.4 Å². The van der Waals surface area contributed by atoms with Crippen molar-refractivity contribution >= 4 is 5.69 Å². The fourth-order valence-corrected chi connectivity index (χ4v) is 0.630. The second kappa shape index (κ2) is 2.77. The van der Waals surface area contributed by atoms with Crippen LogP contribution in [0.15, 0.2) is 12.4 Å². The van der Waals surface area contributed by atoms with Crippen LogP contribution in [0.4, 0.5) is 18.9 Å². The van der Waals surface area contributed by atoms with E-state index < -0.39 is 17.8 Å². The molecule has 0 aliphatic heterocycles. The Morgan fingerprint density at radius 1 is 1.36 bits per heavy atom. The van der Waals surface area contributed by atoms with E-state index in [9.17, 15) is 13.2 Å². The summed E-state index contributed by atoms with van der Waals surface area (Å²) in [5.74, 6) is -1.09. The number of alkyl halides is 2. The average molecular weight is 162 g/mol. The number of nitrogen functional groups attached to an aromatic ring is 1. The molecule has 0 aliphatic rings. The first-order valence-electron chi connectivity index (χ1n) is 2.80. The third-order valence-electron chi connectivity index (χ3n) is 1.17. The summed E-state index contributed by atoms with van der Waals surface area (Å²) < 4.78 is 36.4. The molecule has 5 heteroatoms. The van der Waals surface area contributed by atoms with Crippen LogP contribution >= 0.6 is 0 Å². The van der Waals surface area contributed by atoms with Gasteiger partial charge >= 0.3 is 0 Å². The molecule has 0 bridgehead atoms. The zero-order valence-electron chi connectivity index (χ0n) is 5.39. The highest BCUT2D eigenvalue weighted by Crippen LogP contribution is 2.23. The number of hydrogen-bond acceptors (Lipinski definition) is 2. The molecule has 2 nitrogen and oxygen atoms in total. The van der Waals surface area contributed by atoms with Crippen molar-refractivity contribution in [2.24, 2.45) is 0 Å². The Labute approximate surface area is 60.9 Å². The van der Waals surface area contributed by atoms with Gasteiger partial charge in [-0.15, -0.1) is 0 Å². The van der Waals surface area contributed by atoms with Crippen LogP contribution in [-0.2, 0) is 0 Å². The van der Waals surface area contributed by atoms with Gasteiger partial charge in [-0.2, -0.15) is 0 Å². The Hall–Kier alpha value is -1.26. The molecular formula is C6H5F3N2. The van der Waals surface area contributed by atoms with E-state index in [0.717, 1.165) is 12.4 Å². The van der Waals surface area contributed by atoms with Crippen LogP contribution in [0.25, 0.3) is 0 Å². The van der Waals surface area contributed by atoms with E-state index >= 15 is 0 Å². The molecular weight excluding hydrogens is 157 g/mol. The maximum absolute atomic E-state index is 12.6. The minimum Gasteiger partial charge on any atom is -0.395 e. The van der Waals surface area contributed by atoms with E-state index in [-0.39, 0.29) is 5.69 Å². The topological polar surface area (TPSA) is 38.9 Å². The normalized spacial score (nSPS) is 10.5. The number of nitrogens with two attached hydrogens (primary N) is 1. The number of halogens is 3. The molecule has 0 aliphatic carbocycles. The molecule has 0 aromatic carbocycles. The van der Waals surface area contributed by atoms with E-state index in [0.29, 0.717) is 0 Å². The molecule has 0 saturated carbocycles. The Bertz CT molecular complexity index is 262. The minimum atomic E-state index is -2.87. The summed E-state index contributed by atoms with van der Waals surface area (Å²) in [6.45, 7) is 0. The summed E-state index contributed by atoms with van der Waals surface area (Å²) in [5.41, 5.74) is 3.87. The number of aromatic nitrogens is 1. The highest BCUT2D eigenvalue weighted by Gasteiger charge is 2.14. The Balaban J connectivity index is 3.17. The smallest absolute Gasteiger partial charge is 0.268 e. The van der Waals surface area contributed by atoms with Crippen LogP contribution in [0.2, 0.25) is 0 Å². The van der Waals surface area contributed by atoms with Crippen molar-refractivity contribution in [3.05, 3.63) is 23.8 Å². The lowest BCUT2D eigenvalue weighted by molar-refractivity contribution is 0.146. The molecule has 11 heavy (non-hydrogen) atoms. The lowest BCUT2D eigenvalue weighted by Crippen LogP contribution is -1.98. The number of nitrogens with zero attached hydrogens (tertiary/aromatic N) is 1. The van der Waals surface area contributed by atoms with Crippen LogP contribution in [0.1, 0.15) is 12.0 Å². The van der Waals surface area contributed by atoms with Gasteiger partial charge in [0.2, 0.25) is 0 Å². The third kappa shape index (κ3) is 1.42. The van der Waals surface area contributed by atoms with Crippen molar-refractivity contribution in [3.63, 3.8) is 0 Å². The predicted octanol–water partition coefficient (Wildman–Crippen LogP) is 1.74. The Kier molecular flexibility index (Phi) is 1.98. The van der Waals surface area contributed by atoms with E-state index in [2.05, 4.69) is 4.98 Å². The molecule has 0 amide bonds. The van der Waals surface area contributed by atoms with Gasteiger partial charge in [-0.25, -0.2) is 13.2 Å². The number of pyridine rings is 1. The molecule has 0 atom stereocenters. The quantitative estimate of drug-likeness (QED) is 0.683. The van der Waals surface area contributed by atoms with Gasteiger partial charge in [0.15, 0.2) is 5.82 Å². The molecule has 60 valence electrons. The van der Waals surface area contributed by atoms with E-state index in [1.54, 1.807) is 0 Å². The summed E-state index contributed by atoms with van der Waals surface area (Å²) in [7, 11) is 0. The predicted molar refractivity (Wildman–Crippen MR) is 33.6 cm³/mol. The van der Waals surface area contributed by atoms with Crippen molar-refractivity contribution in [1.82, 2.24) is 4.98 Å². The molecule has 1 aromatic heterocycles. The van der Waals surface area contributed by atoms with Crippen molar-refractivity contribution < 1.29 is 13.2 Å². The molecule has 0 radical (unpaired) electrons. The maximum Gasteiger partial charge on any atom is 0.268 e. The summed E-state index contributed by atoms with van der Waals surface area (Å²) in [6, 6.07) is 0. The van der Waals surface area contributed by atoms with Gasteiger partial charge in [-0.05, 0) is 0 Å². The van der Waals surface area contributed by atoms with Gasteiger partial charge in [0.25, 0.3) is 6.43 Å². The zero-order chi connectivity index (χ0) is 8.43. The molecule has 0 spiro atoms. The second-order valence-corrected chi connectivity index (χ2v) is 1.93. The monoisotopic (exact) mass is 162 g/mol. The van der Waals surface area contributed by atoms with Crippen LogP contribution in [0.3, 0.4) is 0 Å². The SMILES string of the molecule is Nc1cncc(C(F)F)c1F. The first-order valence-corrected chi connectivity index (χ1v) is 2.80. The zero-order valence-corrected chi connectivity index (χ0v) is 5.39. The third-order valence-corrected chi connectivity index (χ3v) is 1.17. The van der Waals surface area contributed by atoms with E-state index in [4.69, 9.17) is 5.73 Å². The van der Waals surface area contributed by atoms with Crippen LogP contribution in [-0.4, -0.2) is 4.98 Å². The van der Waals surface area contributed by atoms with Gasteiger partial charge in [0.1, 0.15) is 0 Å². The second-order valence-electron chi connectivity index (χ2n) is 1.93. The van der Waals surface area contributed by atoms with Crippen molar-refractivity contribution in [2.75, 3.05) is 5.73 Å². The largest absolute Gasteiger partial charge is 0.395 e. The summed E-state index contributed by atoms with van der Waals surface area (Å²) >= 11 is 0. The molecule has 0 saturated heterocycles. The van der Waals surface area contributed by atoms with Crippen LogP contribution in [0, 0.1) is 5.82 Å².